The third kappa shape index (κ3) is 1.41. The van der Waals surface area contributed by atoms with Crippen LogP contribution in [0.4, 0.5) is 0 Å². The Kier molecular flexibility index (Phi) is 2.29. The molecule has 0 saturated heterocycles. The Morgan fingerprint density at radius 1 is 0.765 bits per heavy atom. The van der Waals surface area contributed by atoms with E-state index < -0.39 is 0 Å². The fourth-order valence-corrected chi connectivity index (χ4v) is 2.36. The number of hydrogen-bond donors (Lipinski definition) is 0. The lowest BCUT2D eigenvalue weighted by atomic mass is 9.85. The van der Waals surface area contributed by atoms with Crippen molar-refractivity contribution in [1.29, 1.82) is 0 Å². The number of ether oxygens (including phenoxy) is 1. The standard InChI is InChI=1S/C15H11BO/c1-17-15-13-9-5-3-7-11(13)10-6-2-4-8-12(10)14(15)16/h2-9H,1H3. The summed E-state index contributed by atoms with van der Waals surface area (Å²) in [5, 5.41) is 4.45. The van der Waals surface area contributed by atoms with Gasteiger partial charge in [0.2, 0.25) is 0 Å². The fourth-order valence-electron chi connectivity index (χ4n) is 2.36. The molecule has 0 fully saturated rings. The summed E-state index contributed by atoms with van der Waals surface area (Å²) < 4.78 is 5.44. The van der Waals surface area contributed by atoms with E-state index in [0.717, 1.165) is 16.5 Å². The normalized spacial score (nSPS) is 10.9. The van der Waals surface area contributed by atoms with E-state index in [1.165, 1.54) is 10.8 Å². The number of benzene rings is 3. The lowest BCUT2D eigenvalue weighted by Crippen LogP contribution is -2.09. The van der Waals surface area contributed by atoms with Crippen LogP contribution in [-0.2, 0) is 0 Å². The van der Waals surface area contributed by atoms with Crippen molar-refractivity contribution in [2.75, 3.05) is 7.11 Å². The Hall–Kier alpha value is -1.96. The molecule has 0 bridgehead atoms. The van der Waals surface area contributed by atoms with E-state index in [4.69, 9.17) is 12.6 Å². The highest BCUT2D eigenvalue weighted by Gasteiger charge is 2.09. The number of hydrogen-bond acceptors (Lipinski definition) is 1. The molecule has 0 saturated carbocycles. The SMILES string of the molecule is [B]c1c(OC)c2ccccc2c2ccccc12. The molecule has 0 aliphatic heterocycles. The Balaban J connectivity index is 2.64. The highest BCUT2D eigenvalue weighted by atomic mass is 16.5. The molecule has 2 heteroatoms. The Morgan fingerprint density at radius 2 is 1.24 bits per heavy atom. The summed E-state index contributed by atoms with van der Waals surface area (Å²) in [6, 6.07) is 16.3. The van der Waals surface area contributed by atoms with Gasteiger partial charge in [-0.3, -0.25) is 0 Å². The quantitative estimate of drug-likeness (QED) is 0.450. The Bertz CT molecular complexity index is 704. The monoisotopic (exact) mass is 218 g/mol. The van der Waals surface area contributed by atoms with Gasteiger partial charge in [-0.05, 0) is 21.6 Å². The number of fused-ring (bicyclic) bond motifs is 3. The van der Waals surface area contributed by atoms with Crippen LogP contribution in [-0.4, -0.2) is 15.0 Å². The molecular weight excluding hydrogens is 207 g/mol. The van der Waals surface area contributed by atoms with Gasteiger partial charge in [0.05, 0.1) is 7.11 Å². The number of methoxy groups -OCH3 is 1. The molecule has 0 spiro atoms. The number of rotatable bonds is 1. The fraction of sp³-hybridized carbons (Fsp3) is 0.0667. The summed E-state index contributed by atoms with van der Waals surface area (Å²) in [4.78, 5) is 0. The lowest BCUT2D eigenvalue weighted by Gasteiger charge is -2.13. The summed E-state index contributed by atoms with van der Waals surface area (Å²) in [5.74, 6) is 0.763. The zero-order chi connectivity index (χ0) is 11.8. The van der Waals surface area contributed by atoms with Crippen LogP contribution in [0.5, 0.6) is 5.75 Å². The van der Waals surface area contributed by atoms with E-state index in [0.29, 0.717) is 5.46 Å². The topological polar surface area (TPSA) is 9.23 Å². The molecule has 1 nitrogen and oxygen atoms in total. The largest absolute Gasteiger partial charge is 0.497 e. The van der Waals surface area contributed by atoms with Crippen molar-refractivity contribution in [3.8, 4) is 5.75 Å². The van der Waals surface area contributed by atoms with E-state index in [2.05, 4.69) is 12.1 Å². The van der Waals surface area contributed by atoms with Crippen LogP contribution in [0.1, 0.15) is 0 Å². The van der Waals surface area contributed by atoms with Crippen LogP contribution >= 0.6 is 0 Å². The van der Waals surface area contributed by atoms with Gasteiger partial charge in [0.25, 0.3) is 0 Å². The average molecular weight is 218 g/mol. The molecule has 0 atom stereocenters. The molecular formula is C15H11BO. The smallest absolute Gasteiger partial charge is 0.120 e. The van der Waals surface area contributed by atoms with E-state index in [-0.39, 0.29) is 0 Å². The van der Waals surface area contributed by atoms with Crippen LogP contribution < -0.4 is 10.2 Å². The van der Waals surface area contributed by atoms with Crippen LogP contribution in [0.3, 0.4) is 0 Å². The second kappa shape index (κ2) is 3.81. The molecule has 0 aromatic heterocycles. The molecule has 3 aromatic carbocycles. The first-order valence-electron chi connectivity index (χ1n) is 5.56. The van der Waals surface area contributed by atoms with Gasteiger partial charge in [0.1, 0.15) is 13.6 Å². The molecule has 17 heavy (non-hydrogen) atoms. The van der Waals surface area contributed by atoms with E-state index in [9.17, 15) is 0 Å². The maximum absolute atomic E-state index is 6.17. The third-order valence-electron chi connectivity index (χ3n) is 3.13. The molecule has 0 aliphatic rings. The molecule has 80 valence electrons. The second-order valence-electron chi connectivity index (χ2n) is 4.04. The highest BCUT2D eigenvalue weighted by molar-refractivity contribution is 6.43. The van der Waals surface area contributed by atoms with Crippen LogP contribution in [0, 0.1) is 0 Å². The van der Waals surface area contributed by atoms with Crippen molar-refractivity contribution in [3.05, 3.63) is 48.5 Å². The van der Waals surface area contributed by atoms with Gasteiger partial charge >= 0.3 is 0 Å². The van der Waals surface area contributed by atoms with Gasteiger partial charge in [-0.25, -0.2) is 0 Å². The predicted molar refractivity (Wildman–Crippen MR) is 73.4 cm³/mol. The second-order valence-corrected chi connectivity index (χ2v) is 4.04. The van der Waals surface area contributed by atoms with Crippen molar-refractivity contribution in [2.24, 2.45) is 0 Å². The van der Waals surface area contributed by atoms with E-state index >= 15 is 0 Å². The molecule has 3 rings (SSSR count). The van der Waals surface area contributed by atoms with Gasteiger partial charge in [-0.1, -0.05) is 48.5 Å². The molecule has 0 amide bonds. The van der Waals surface area contributed by atoms with Crippen molar-refractivity contribution < 1.29 is 4.74 Å². The minimum Gasteiger partial charge on any atom is -0.497 e. The van der Waals surface area contributed by atoms with Gasteiger partial charge < -0.3 is 4.74 Å². The Labute approximate surface area is 101 Å². The van der Waals surface area contributed by atoms with Gasteiger partial charge in [-0.15, -0.1) is 0 Å². The third-order valence-corrected chi connectivity index (χ3v) is 3.13. The lowest BCUT2D eigenvalue weighted by molar-refractivity contribution is 0.423. The summed E-state index contributed by atoms with van der Waals surface area (Å²) in [6.45, 7) is 0. The molecule has 3 aromatic rings. The van der Waals surface area contributed by atoms with Crippen molar-refractivity contribution in [2.45, 2.75) is 0 Å². The minimum atomic E-state index is 0.710. The molecule has 0 N–H and O–H groups in total. The molecule has 0 unspecified atom stereocenters. The summed E-state index contributed by atoms with van der Waals surface area (Å²) in [5.41, 5.74) is 0.710. The summed E-state index contributed by atoms with van der Waals surface area (Å²) in [6.07, 6.45) is 0. The predicted octanol–water partition coefficient (Wildman–Crippen LogP) is 2.80. The van der Waals surface area contributed by atoms with Gasteiger partial charge in [0.15, 0.2) is 0 Å². The van der Waals surface area contributed by atoms with Crippen LogP contribution in [0.15, 0.2) is 48.5 Å². The Morgan fingerprint density at radius 3 is 1.82 bits per heavy atom. The first-order chi connectivity index (χ1) is 8.33. The zero-order valence-electron chi connectivity index (χ0n) is 9.60. The molecule has 0 aliphatic carbocycles. The van der Waals surface area contributed by atoms with Crippen LogP contribution in [0.2, 0.25) is 0 Å². The molecule has 0 heterocycles. The maximum Gasteiger partial charge on any atom is 0.120 e. The van der Waals surface area contributed by atoms with Crippen molar-refractivity contribution in [3.63, 3.8) is 0 Å². The van der Waals surface area contributed by atoms with Crippen molar-refractivity contribution in [1.82, 2.24) is 0 Å². The summed E-state index contributed by atoms with van der Waals surface area (Å²) in [7, 11) is 7.83. The van der Waals surface area contributed by atoms with Gasteiger partial charge in [0, 0.05) is 5.39 Å². The van der Waals surface area contributed by atoms with Crippen molar-refractivity contribution >= 4 is 34.9 Å². The zero-order valence-corrected chi connectivity index (χ0v) is 9.60. The van der Waals surface area contributed by atoms with Crippen LogP contribution in [0.25, 0.3) is 21.5 Å². The first-order valence-corrected chi connectivity index (χ1v) is 5.56. The molecule has 2 radical (unpaired) electrons. The minimum absolute atomic E-state index is 0.710. The first kappa shape index (κ1) is 10.2. The van der Waals surface area contributed by atoms with E-state index in [1.54, 1.807) is 7.11 Å². The van der Waals surface area contributed by atoms with Gasteiger partial charge in [-0.2, -0.15) is 0 Å². The van der Waals surface area contributed by atoms with E-state index in [1.807, 2.05) is 36.4 Å². The summed E-state index contributed by atoms with van der Waals surface area (Å²) >= 11 is 0. The maximum atomic E-state index is 6.17. The average Bonchev–Trinajstić information content (AvgIpc) is 2.40. The highest BCUT2D eigenvalue weighted by Crippen LogP contribution is 2.30.